The highest BCUT2D eigenvalue weighted by Gasteiger charge is 2.05. The van der Waals surface area contributed by atoms with Gasteiger partial charge in [0, 0.05) is 30.7 Å². The van der Waals surface area contributed by atoms with Crippen LogP contribution in [0, 0.1) is 6.92 Å². The fourth-order valence-electron chi connectivity index (χ4n) is 1.69. The van der Waals surface area contributed by atoms with Gasteiger partial charge in [0.05, 0.1) is 6.54 Å². The van der Waals surface area contributed by atoms with E-state index in [1.165, 1.54) is 0 Å². The second-order valence-corrected chi connectivity index (χ2v) is 3.85. The standard InChI is InChI=1S/C11H15N5O/c1-3-15-4-5-16(11(15)17)7-10-13-8(2)6-9(12)14-10/h4-6H,3,7H2,1-2H3,(H2,12,13,14). The normalized spacial score (nSPS) is 10.7. The van der Waals surface area contributed by atoms with E-state index < -0.39 is 0 Å². The second-order valence-electron chi connectivity index (χ2n) is 3.85. The molecule has 2 heterocycles. The summed E-state index contributed by atoms with van der Waals surface area (Å²) in [5.74, 6) is 0.980. The third-order valence-electron chi connectivity index (χ3n) is 2.49. The van der Waals surface area contributed by atoms with Gasteiger partial charge < -0.3 is 5.73 Å². The van der Waals surface area contributed by atoms with Gasteiger partial charge in [0.25, 0.3) is 0 Å². The summed E-state index contributed by atoms with van der Waals surface area (Å²) in [5, 5.41) is 0. The number of nitrogens with zero attached hydrogens (tertiary/aromatic N) is 4. The summed E-state index contributed by atoms with van der Waals surface area (Å²) in [6, 6.07) is 1.70. The third kappa shape index (κ3) is 2.35. The lowest BCUT2D eigenvalue weighted by Gasteiger charge is -2.03. The minimum atomic E-state index is -0.0591. The fraction of sp³-hybridized carbons (Fsp3) is 0.364. The average Bonchev–Trinajstić information content (AvgIpc) is 2.58. The molecule has 0 aromatic carbocycles. The van der Waals surface area contributed by atoms with Crippen molar-refractivity contribution in [3.8, 4) is 0 Å². The number of hydrogen-bond acceptors (Lipinski definition) is 4. The van der Waals surface area contributed by atoms with Crippen molar-refractivity contribution in [2.45, 2.75) is 26.9 Å². The Morgan fingerprint density at radius 3 is 2.59 bits per heavy atom. The molecule has 2 aromatic rings. The van der Waals surface area contributed by atoms with Gasteiger partial charge in [-0.25, -0.2) is 14.8 Å². The molecule has 6 heteroatoms. The minimum Gasteiger partial charge on any atom is -0.384 e. The number of nitrogens with two attached hydrogens (primary N) is 1. The highest BCUT2D eigenvalue weighted by molar-refractivity contribution is 5.29. The number of anilines is 1. The van der Waals surface area contributed by atoms with Crippen molar-refractivity contribution in [2.75, 3.05) is 5.73 Å². The Hall–Kier alpha value is -2.11. The molecule has 0 aliphatic carbocycles. The molecule has 6 nitrogen and oxygen atoms in total. The van der Waals surface area contributed by atoms with E-state index >= 15 is 0 Å². The van der Waals surface area contributed by atoms with Crippen molar-refractivity contribution >= 4 is 5.82 Å². The molecular weight excluding hydrogens is 218 g/mol. The zero-order valence-corrected chi connectivity index (χ0v) is 9.92. The lowest BCUT2D eigenvalue weighted by atomic mass is 10.4. The SMILES string of the molecule is CCn1ccn(Cc2nc(C)cc(N)n2)c1=O. The van der Waals surface area contributed by atoms with Gasteiger partial charge in [-0.3, -0.25) is 9.13 Å². The second kappa shape index (κ2) is 4.40. The molecule has 0 atom stereocenters. The van der Waals surface area contributed by atoms with Crippen LogP contribution in [0.25, 0.3) is 0 Å². The Bertz CT molecular complexity index is 564. The first-order chi connectivity index (χ1) is 8.10. The first kappa shape index (κ1) is 11.4. The number of aromatic nitrogens is 4. The Morgan fingerprint density at radius 1 is 1.29 bits per heavy atom. The quantitative estimate of drug-likeness (QED) is 0.832. The smallest absolute Gasteiger partial charge is 0.328 e. The monoisotopic (exact) mass is 233 g/mol. The molecule has 17 heavy (non-hydrogen) atoms. The van der Waals surface area contributed by atoms with Crippen molar-refractivity contribution < 1.29 is 0 Å². The number of rotatable bonds is 3. The molecule has 0 amide bonds. The van der Waals surface area contributed by atoms with Crippen LogP contribution in [0.5, 0.6) is 0 Å². The van der Waals surface area contributed by atoms with Gasteiger partial charge in [-0.2, -0.15) is 0 Å². The van der Waals surface area contributed by atoms with E-state index in [4.69, 9.17) is 5.73 Å². The van der Waals surface area contributed by atoms with Crippen LogP contribution in [0.1, 0.15) is 18.4 Å². The number of aryl methyl sites for hydroxylation is 2. The number of hydrogen-bond donors (Lipinski definition) is 1. The molecule has 0 spiro atoms. The first-order valence-corrected chi connectivity index (χ1v) is 5.45. The van der Waals surface area contributed by atoms with E-state index in [0.717, 1.165) is 5.69 Å². The van der Waals surface area contributed by atoms with E-state index in [1.54, 1.807) is 27.6 Å². The molecule has 90 valence electrons. The van der Waals surface area contributed by atoms with Crippen LogP contribution >= 0.6 is 0 Å². The maximum absolute atomic E-state index is 11.8. The highest BCUT2D eigenvalue weighted by Crippen LogP contribution is 2.02. The maximum Gasteiger partial charge on any atom is 0.328 e. The predicted octanol–water partition coefficient (Wildman–Crippen LogP) is 0.399. The van der Waals surface area contributed by atoms with E-state index in [2.05, 4.69) is 9.97 Å². The number of nitrogen functional groups attached to an aromatic ring is 1. The lowest BCUT2D eigenvalue weighted by Crippen LogP contribution is -2.24. The fourth-order valence-corrected chi connectivity index (χ4v) is 1.69. The Labute approximate surface area is 98.7 Å². The van der Waals surface area contributed by atoms with Crippen molar-refractivity contribution in [3.63, 3.8) is 0 Å². The summed E-state index contributed by atoms with van der Waals surface area (Å²) >= 11 is 0. The van der Waals surface area contributed by atoms with Gasteiger partial charge in [0.1, 0.15) is 5.82 Å². The van der Waals surface area contributed by atoms with Crippen LogP contribution in [-0.4, -0.2) is 19.1 Å². The molecule has 0 saturated carbocycles. The maximum atomic E-state index is 11.8. The van der Waals surface area contributed by atoms with Crippen LogP contribution in [0.15, 0.2) is 23.3 Å². The molecular formula is C11H15N5O. The molecule has 0 saturated heterocycles. The van der Waals surface area contributed by atoms with Gasteiger partial charge >= 0.3 is 5.69 Å². The van der Waals surface area contributed by atoms with Crippen molar-refractivity contribution in [1.29, 1.82) is 0 Å². The van der Waals surface area contributed by atoms with Crippen LogP contribution < -0.4 is 11.4 Å². The zero-order valence-electron chi connectivity index (χ0n) is 9.92. The van der Waals surface area contributed by atoms with Crippen molar-refractivity contribution in [3.05, 3.63) is 40.5 Å². The largest absolute Gasteiger partial charge is 0.384 e. The average molecular weight is 233 g/mol. The van der Waals surface area contributed by atoms with Gasteiger partial charge in [0.2, 0.25) is 0 Å². The van der Waals surface area contributed by atoms with Crippen LogP contribution in [0.2, 0.25) is 0 Å². The molecule has 0 bridgehead atoms. The van der Waals surface area contributed by atoms with E-state index in [1.807, 2.05) is 13.8 Å². The first-order valence-electron chi connectivity index (χ1n) is 5.45. The highest BCUT2D eigenvalue weighted by atomic mass is 16.1. The van der Waals surface area contributed by atoms with E-state index in [0.29, 0.717) is 24.7 Å². The molecule has 0 aliphatic heterocycles. The summed E-state index contributed by atoms with van der Waals surface area (Å²) in [6.07, 6.45) is 3.48. The minimum absolute atomic E-state index is 0.0591. The third-order valence-corrected chi connectivity index (χ3v) is 2.49. The van der Waals surface area contributed by atoms with Gasteiger partial charge in [-0.1, -0.05) is 0 Å². The molecule has 0 radical (unpaired) electrons. The van der Waals surface area contributed by atoms with Gasteiger partial charge in [0.15, 0.2) is 5.82 Å². The molecule has 0 fully saturated rings. The molecule has 2 N–H and O–H groups in total. The summed E-state index contributed by atoms with van der Waals surface area (Å²) in [6.45, 7) is 4.77. The lowest BCUT2D eigenvalue weighted by molar-refractivity contribution is 0.652. The summed E-state index contributed by atoms with van der Waals surface area (Å²) in [5.41, 5.74) is 6.38. The summed E-state index contributed by atoms with van der Waals surface area (Å²) in [7, 11) is 0. The summed E-state index contributed by atoms with van der Waals surface area (Å²) in [4.78, 5) is 20.2. The predicted molar refractivity (Wildman–Crippen MR) is 64.6 cm³/mol. The Balaban J connectivity index is 2.31. The molecule has 2 rings (SSSR count). The molecule has 0 aliphatic rings. The topological polar surface area (TPSA) is 78.7 Å². The molecule has 0 unspecified atom stereocenters. The van der Waals surface area contributed by atoms with Crippen LogP contribution in [0.3, 0.4) is 0 Å². The van der Waals surface area contributed by atoms with Crippen molar-refractivity contribution in [1.82, 2.24) is 19.1 Å². The van der Waals surface area contributed by atoms with Crippen LogP contribution in [-0.2, 0) is 13.1 Å². The van der Waals surface area contributed by atoms with Crippen molar-refractivity contribution in [2.24, 2.45) is 0 Å². The Kier molecular flexibility index (Phi) is 2.95. The molecule has 2 aromatic heterocycles. The zero-order chi connectivity index (χ0) is 12.4. The summed E-state index contributed by atoms with van der Waals surface area (Å²) < 4.78 is 3.19. The van der Waals surface area contributed by atoms with Gasteiger partial charge in [-0.05, 0) is 13.8 Å². The Morgan fingerprint density at radius 2 is 2.00 bits per heavy atom. The van der Waals surface area contributed by atoms with E-state index in [-0.39, 0.29) is 5.69 Å². The van der Waals surface area contributed by atoms with E-state index in [9.17, 15) is 4.79 Å². The van der Waals surface area contributed by atoms with Gasteiger partial charge in [-0.15, -0.1) is 0 Å². The van der Waals surface area contributed by atoms with Crippen LogP contribution in [0.4, 0.5) is 5.82 Å². The number of imidazole rings is 1.